The van der Waals surface area contributed by atoms with E-state index >= 15 is 0 Å². The third kappa shape index (κ3) is 3.57. The number of hydrogen-bond acceptors (Lipinski definition) is 5. The topological polar surface area (TPSA) is 53.0 Å². The molecule has 0 unspecified atom stereocenters. The van der Waals surface area contributed by atoms with Crippen LogP contribution in [0, 0.1) is 5.92 Å². The zero-order chi connectivity index (χ0) is 17.1. The van der Waals surface area contributed by atoms with Gasteiger partial charge < -0.3 is 14.7 Å². The van der Waals surface area contributed by atoms with Crippen molar-refractivity contribution in [1.29, 1.82) is 0 Å². The maximum atomic E-state index is 11.7. The number of nitrogens with zero attached hydrogens (tertiary/aromatic N) is 2. The molecule has 0 radical (unpaired) electrons. The molecule has 24 heavy (non-hydrogen) atoms. The van der Waals surface area contributed by atoms with Gasteiger partial charge in [0, 0.05) is 37.9 Å². The largest absolute Gasteiger partial charge is 0.469 e. The van der Waals surface area contributed by atoms with Gasteiger partial charge in [0.2, 0.25) is 0 Å². The van der Waals surface area contributed by atoms with Gasteiger partial charge in [0.1, 0.15) is 0 Å². The van der Waals surface area contributed by atoms with E-state index in [1.54, 1.807) is 0 Å². The maximum absolute atomic E-state index is 11.7. The lowest BCUT2D eigenvalue weighted by Gasteiger charge is -2.41. The molecule has 0 spiro atoms. The Bertz CT molecular complexity index is 543. The van der Waals surface area contributed by atoms with Crippen LogP contribution in [0.25, 0.3) is 0 Å². The number of piperidine rings is 1. The molecule has 0 aromatic heterocycles. The SMILES string of the molecule is COC(=O)[C@H]1C[C@@H](N2CCC(N(C)c3ccccc3)CC2)[C@@H](O)C1. The third-order valence-corrected chi connectivity index (χ3v) is 5.71. The molecule has 0 bridgehead atoms. The van der Waals surface area contributed by atoms with Crippen LogP contribution in [0.4, 0.5) is 5.69 Å². The number of para-hydroxylation sites is 1. The fourth-order valence-corrected chi connectivity index (χ4v) is 4.22. The van der Waals surface area contributed by atoms with Gasteiger partial charge in [-0.05, 0) is 37.8 Å². The van der Waals surface area contributed by atoms with Crippen molar-refractivity contribution in [3.8, 4) is 0 Å². The monoisotopic (exact) mass is 332 g/mol. The minimum atomic E-state index is -0.419. The summed E-state index contributed by atoms with van der Waals surface area (Å²) in [5.41, 5.74) is 1.25. The Labute approximate surface area is 144 Å². The summed E-state index contributed by atoms with van der Waals surface area (Å²) >= 11 is 0. The molecule has 3 atom stereocenters. The van der Waals surface area contributed by atoms with Crippen molar-refractivity contribution < 1.29 is 14.6 Å². The highest BCUT2D eigenvalue weighted by atomic mass is 16.5. The average Bonchev–Trinajstić information content (AvgIpc) is 3.03. The molecule has 1 saturated heterocycles. The molecule has 1 saturated carbocycles. The standard InChI is InChI=1S/C19H28N2O3/c1-20(15-6-4-3-5-7-15)16-8-10-21(11-9-16)17-12-14(13-18(17)22)19(23)24-2/h3-7,14,16-18,22H,8-13H2,1-2H3/t14-,17+,18-/m0/s1. The summed E-state index contributed by atoms with van der Waals surface area (Å²) in [5.74, 6) is -0.338. The Morgan fingerprint density at radius 1 is 1.21 bits per heavy atom. The van der Waals surface area contributed by atoms with Crippen molar-refractivity contribution >= 4 is 11.7 Å². The molecule has 1 aromatic rings. The van der Waals surface area contributed by atoms with Gasteiger partial charge in [-0.2, -0.15) is 0 Å². The normalized spacial score (nSPS) is 28.7. The van der Waals surface area contributed by atoms with Crippen molar-refractivity contribution in [3.63, 3.8) is 0 Å². The summed E-state index contributed by atoms with van der Waals surface area (Å²) in [5, 5.41) is 10.3. The molecule has 0 amide bonds. The molecule has 3 rings (SSSR count). The first kappa shape index (κ1) is 17.2. The van der Waals surface area contributed by atoms with E-state index in [0.717, 1.165) is 25.9 Å². The second-order valence-corrected chi connectivity index (χ2v) is 7.04. The highest BCUT2D eigenvalue weighted by Crippen LogP contribution is 2.33. The molecule has 5 heteroatoms. The van der Waals surface area contributed by atoms with E-state index in [4.69, 9.17) is 4.74 Å². The number of aliphatic hydroxyl groups excluding tert-OH is 1. The van der Waals surface area contributed by atoms with E-state index in [2.05, 4.69) is 41.1 Å². The van der Waals surface area contributed by atoms with E-state index in [9.17, 15) is 9.90 Å². The Morgan fingerprint density at radius 2 is 1.88 bits per heavy atom. The number of aliphatic hydroxyl groups is 1. The van der Waals surface area contributed by atoms with Crippen LogP contribution in [-0.2, 0) is 9.53 Å². The average molecular weight is 332 g/mol. The van der Waals surface area contributed by atoms with Crippen molar-refractivity contribution in [2.45, 2.75) is 43.9 Å². The molecule has 1 aliphatic carbocycles. The molecule has 2 aliphatic rings. The van der Waals surface area contributed by atoms with Crippen molar-refractivity contribution in [2.24, 2.45) is 5.92 Å². The molecular formula is C19H28N2O3. The number of esters is 1. The van der Waals surface area contributed by atoms with Crippen molar-refractivity contribution in [2.75, 3.05) is 32.1 Å². The van der Waals surface area contributed by atoms with Gasteiger partial charge in [-0.25, -0.2) is 0 Å². The highest BCUT2D eigenvalue weighted by Gasteiger charge is 2.41. The number of methoxy groups -OCH3 is 1. The molecule has 5 nitrogen and oxygen atoms in total. The van der Waals surface area contributed by atoms with Crippen LogP contribution in [0.15, 0.2) is 30.3 Å². The second kappa shape index (κ2) is 7.53. The van der Waals surface area contributed by atoms with Crippen LogP contribution in [0.2, 0.25) is 0 Å². The first-order valence-corrected chi connectivity index (χ1v) is 8.88. The number of carbonyl (C=O) groups excluding carboxylic acids is 1. The molecule has 2 fully saturated rings. The molecule has 1 aromatic carbocycles. The summed E-state index contributed by atoms with van der Waals surface area (Å²) in [7, 11) is 3.58. The van der Waals surface area contributed by atoms with Gasteiger partial charge in [-0.15, -0.1) is 0 Å². The second-order valence-electron chi connectivity index (χ2n) is 7.04. The third-order valence-electron chi connectivity index (χ3n) is 5.71. The lowest BCUT2D eigenvalue weighted by Crippen LogP contribution is -2.49. The zero-order valence-electron chi connectivity index (χ0n) is 14.6. The smallest absolute Gasteiger partial charge is 0.308 e. The van der Waals surface area contributed by atoms with Gasteiger partial charge in [-0.3, -0.25) is 9.69 Å². The van der Waals surface area contributed by atoms with Gasteiger partial charge in [0.05, 0.1) is 19.1 Å². The van der Waals surface area contributed by atoms with E-state index in [1.807, 2.05) is 6.07 Å². The van der Waals surface area contributed by atoms with Crippen LogP contribution in [0.1, 0.15) is 25.7 Å². The Kier molecular flexibility index (Phi) is 5.41. The predicted molar refractivity (Wildman–Crippen MR) is 94.0 cm³/mol. The summed E-state index contributed by atoms with van der Waals surface area (Å²) < 4.78 is 4.84. The van der Waals surface area contributed by atoms with Gasteiger partial charge in [0.15, 0.2) is 0 Å². The minimum Gasteiger partial charge on any atom is -0.469 e. The maximum Gasteiger partial charge on any atom is 0.308 e. The molecular weight excluding hydrogens is 304 g/mol. The van der Waals surface area contributed by atoms with E-state index in [0.29, 0.717) is 18.9 Å². The summed E-state index contributed by atoms with van der Waals surface area (Å²) in [4.78, 5) is 16.5. The number of hydrogen-bond donors (Lipinski definition) is 1. The first-order chi connectivity index (χ1) is 11.6. The number of carbonyl (C=O) groups is 1. The van der Waals surface area contributed by atoms with Gasteiger partial charge in [0.25, 0.3) is 0 Å². The zero-order valence-corrected chi connectivity index (χ0v) is 14.6. The minimum absolute atomic E-state index is 0.0945. The quantitative estimate of drug-likeness (QED) is 0.854. The summed E-state index contributed by atoms with van der Waals surface area (Å²) in [6, 6.07) is 11.1. The fourth-order valence-electron chi connectivity index (χ4n) is 4.22. The lowest BCUT2D eigenvalue weighted by atomic mass is 10.00. The van der Waals surface area contributed by atoms with Crippen LogP contribution in [0.5, 0.6) is 0 Å². The predicted octanol–water partition coefficient (Wildman–Crippen LogP) is 1.90. The summed E-state index contributed by atoms with van der Waals surface area (Å²) in [6.07, 6.45) is 2.99. The van der Waals surface area contributed by atoms with Gasteiger partial charge >= 0.3 is 5.97 Å². The fraction of sp³-hybridized carbons (Fsp3) is 0.632. The van der Waals surface area contributed by atoms with E-state index in [1.165, 1.54) is 12.8 Å². The van der Waals surface area contributed by atoms with E-state index in [-0.39, 0.29) is 17.9 Å². The number of rotatable bonds is 4. The first-order valence-electron chi connectivity index (χ1n) is 8.88. The van der Waals surface area contributed by atoms with Crippen LogP contribution in [0.3, 0.4) is 0 Å². The Morgan fingerprint density at radius 3 is 2.50 bits per heavy atom. The number of benzene rings is 1. The van der Waals surface area contributed by atoms with E-state index < -0.39 is 6.10 Å². The van der Waals surface area contributed by atoms with Crippen LogP contribution >= 0.6 is 0 Å². The van der Waals surface area contributed by atoms with Crippen molar-refractivity contribution in [1.82, 2.24) is 4.90 Å². The number of ether oxygens (including phenoxy) is 1. The molecule has 1 N–H and O–H groups in total. The van der Waals surface area contributed by atoms with Gasteiger partial charge in [-0.1, -0.05) is 18.2 Å². The highest BCUT2D eigenvalue weighted by molar-refractivity contribution is 5.72. The van der Waals surface area contributed by atoms with Crippen molar-refractivity contribution in [3.05, 3.63) is 30.3 Å². The number of anilines is 1. The van der Waals surface area contributed by atoms with Crippen LogP contribution in [-0.4, -0.2) is 61.4 Å². The number of likely N-dealkylation sites (tertiary alicyclic amines) is 1. The molecule has 132 valence electrons. The summed E-state index contributed by atoms with van der Waals surface area (Å²) in [6.45, 7) is 1.94. The molecule has 1 heterocycles. The lowest BCUT2D eigenvalue weighted by molar-refractivity contribution is -0.145. The Hall–Kier alpha value is -1.59. The van der Waals surface area contributed by atoms with Crippen LogP contribution < -0.4 is 4.90 Å². The molecule has 1 aliphatic heterocycles. The Balaban J connectivity index is 1.55.